The Bertz CT molecular complexity index is 154. The molecule has 3 heteroatoms. The second kappa shape index (κ2) is 3.22. The fourth-order valence-electron chi connectivity index (χ4n) is 1.42. The Hall–Kier alpha value is -0.570. The van der Waals surface area contributed by atoms with Gasteiger partial charge in [0.25, 0.3) is 0 Å². The Balaban J connectivity index is 2.45. The van der Waals surface area contributed by atoms with E-state index in [2.05, 4.69) is 0 Å². The Morgan fingerprint density at radius 1 is 1.73 bits per heavy atom. The monoisotopic (exact) mass is 157 g/mol. The van der Waals surface area contributed by atoms with Crippen molar-refractivity contribution in [3.8, 4) is 0 Å². The molecule has 1 aliphatic rings. The van der Waals surface area contributed by atoms with Crippen LogP contribution in [0.5, 0.6) is 0 Å². The van der Waals surface area contributed by atoms with E-state index in [9.17, 15) is 4.79 Å². The first-order valence-electron chi connectivity index (χ1n) is 4.15. The normalized spacial score (nSPS) is 22.7. The van der Waals surface area contributed by atoms with Crippen LogP contribution in [0.25, 0.3) is 0 Å². The fraction of sp³-hybridized carbons (Fsp3) is 0.875. The van der Waals surface area contributed by atoms with Gasteiger partial charge in [-0.2, -0.15) is 0 Å². The summed E-state index contributed by atoms with van der Waals surface area (Å²) in [6.07, 6.45) is 2.88. The summed E-state index contributed by atoms with van der Waals surface area (Å²) in [6.45, 7) is 1.88. The molecular formula is C8H15NO2. The highest BCUT2D eigenvalue weighted by Crippen LogP contribution is 2.35. The summed E-state index contributed by atoms with van der Waals surface area (Å²) in [5.74, 6) is -0.592. The second-order valence-corrected chi connectivity index (χ2v) is 3.27. The number of hydrogen-bond donors (Lipinski definition) is 2. The maximum absolute atomic E-state index is 10.6. The Labute approximate surface area is 66.6 Å². The first-order valence-corrected chi connectivity index (χ1v) is 4.15. The average Bonchev–Trinajstić information content (AvgIpc) is 2.68. The molecule has 1 fully saturated rings. The molecule has 0 aliphatic heterocycles. The molecule has 11 heavy (non-hydrogen) atoms. The van der Waals surface area contributed by atoms with Crippen LogP contribution in [0.3, 0.4) is 0 Å². The lowest BCUT2D eigenvalue weighted by atomic mass is 9.94. The van der Waals surface area contributed by atoms with Crippen LogP contribution in [0.4, 0.5) is 0 Å². The molecule has 0 spiro atoms. The van der Waals surface area contributed by atoms with Crippen LogP contribution in [0.2, 0.25) is 0 Å². The molecule has 0 heterocycles. The van der Waals surface area contributed by atoms with Crippen LogP contribution in [0.15, 0.2) is 0 Å². The molecule has 0 amide bonds. The van der Waals surface area contributed by atoms with Crippen molar-refractivity contribution in [1.82, 2.24) is 0 Å². The Morgan fingerprint density at radius 3 is 2.55 bits per heavy atom. The number of rotatable bonds is 4. The first kappa shape index (κ1) is 8.53. The van der Waals surface area contributed by atoms with E-state index in [0.29, 0.717) is 12.3 Å². The Morgan fingerprint density at radius 2 is 2.27 bits per heavy atom. The Kier molecular flexibility index (Phi) is 2.49. The zero-order valence-corrected chi connectivity index (χ0v) is 6.79. The lowest BCUT2D eigenvalue weighted by molar-refractivity contribution is -0.142. The minimum atomic E-state index is -0.744. The lowest BCUT2D eigenvalue weighted by Crippen LogP contribution is -2.36. The van der Waals surface area contributed by atoms with Crippen LogP contribution in [-0.2, 0) is 4.79 Å². The van der Waals surface area contributed by atoms with Crippen molar-refractivity contribution in [2.75, 3.05) is 0 Å². The van der Waals surface area contributed by atoms with Gasteiger partial charge in [-0.25, -0.2) is 0 Å². The van der Waals surface area contributed by atoms with Gasteiger partial charge < -0.3 is 10.8 Å². The SMILES string of the molecule is CCC(C(=O)O)C(N)C1CC1. The summed E-state index contributed by atoms with van der Waals surface area (Å²) in [6, 6.07) is -0.113. The molecule has 0 aromatic heterocycles. The quantitative estimate of drug-likeness (QED) is 0.635. The van der Waals surface area contributed by atoms with Gasteiger partial charge in [-0.05, 0) is 25.2 Å². The van der Waals surface area contributed by atoms with Crippen molar-refractivity contribution < 1.29 is 9.90 Å². The third-order valence-electron chi connectivity index (χ3n) is 2.39. The standard InChI is InChI=1S/C8H15NO2/c1-2-6(8(10)11)7(9)5-3-4-5/h5-7H,2-4,9H2,1H3,(H,10,11). The molecule has 64 valence electrons. The van der Waals surface area contributed by atoms with Crippen LogP contribution >= 0.6 is 0 Å². The molecule has 2 atom stereocenters. The largest absolute Gasteiger partial charge is 0.481 e. The number of hydrogen-bond acceptors (Lipinski definition) is 2. The van der Waals surface area contributed by atoms with E-state index < -0.39 is 5.97 Å². The molecule has 0 radical (unpaired) electrons. The average molecular weight is 157 g/mol. The molecule has 2 unspecified atom stereocenters. The van der Waals surface area contributed by atoms with Crippen molar-refractivity contribution in [1.29, 1.82) is 0 Å². The molecule has 3 N–H and O–H groups in total. The molecule has 1 aliphatic carbocycles. The van der Waals surface area contributed by atoms with Gasteiger partial charge in [0, 0.05) is 6.04 Å². The summed E-state index contributed by atoms with van der Waals surface area (Å²) in [7, 11) is 0. The van der Waals surface area contributed by atoms with E-state index >= 15 is 0 Å². The molecule has 1 saturated carbocycles. The maximum Gasteiger partial charge on any atom is 0.308 e. The number of nitrogens with two attached hydrogens (primary N) is 1. The minimum absolute atomic E-state index is 0.113. The molecule has 0 aromatic rings. The van der Waals surface area contributed by atoms with E-state index in [1.165, 1.54) is 0 Å². The minimum Gasteiger partial charge on any atom is -0.481 e. The summed E-state index contributed by atoms with van der Waals surface area (Å²) < 4.78 is 0. The number of carboxylic acid groups (broad SMARTS) is 1. The first-order chi connectivity index (χ1) is 5.16. The maximum atomic E-state index is 10.6. The summed E-state index contributed by atoms with van der Waals surface area (Å²) in [4.78, 5) is 10.6. The molecular weight excluding hydrogens is 142 g/mol. The number of aliphatic carboxylic acids is 1. The summed E-state index contributed by atoms with van der Waals surface area (Å²) >= 11 is 0. The van der Waals surface area contributed by atoms with Crippen molar-refractivity contribution in [2.24, 2.45) is 17.6 Å². The van der Waals surface area contributed by atoms with Gasteiger partial charge in [0.15, 0.2) is 0 Å². The molecule has 0 saturated heterocycles. The summed E-state index contributed by atoms with van der Waals surface area (Å²) in [5.41, 5.74) is 5.75. The van der Waals surface area contributed by atoms with Gasteiger partial charge >= 0.3 is 5.97 Å². The molecule has 1 rings (SSSR count). The molecule has 3 nitrogen and oxygen atoms in total. The van der Waals surface area contributed by atoms with E-state index in [1.807, 2.05) is 6.92 Å². The van der Waals surface area contributed by atoms with Crippen LogP contribution < -0.4 is 5.73 Å². The number of carboxylic acids is 1. The van der Waals surface area contributed by atoms with E-state index in [-0.39, 0.29) is 12.0 Å². The predicted octanol–water partition coefficient (Wildman–Crippen LogP) is 0.834. The van der Waals surface area contributed by atoms with Crippen LogP contribution in [-0.4, -0.2) is 17.1 Å². The molecule has 0 aromatic carbocycles. The lowest BCUT2D eigenvalue weighted by Gasteiger charge is -2.17. The van der Waals surface area contributed by atoms with Gasteiger partial charge in [-0.15, -0.1) is 0 Å². The third kappa shape index (κ3) is 1.93. The van der Waals surface area contributed by atoms with E-state index in [4.69, 9.17) is 10.8 Å². The van der Waals surface area contributed by atoms with Crippen molar-refractivity contribution in [2.45, 2.75) is 32.2 Å². The van der Waals surface area contributed by atoms with E-state index in [1.54, 1.807) is 0 Å². The zero-order chi connectivity index (χ0) is 8.43. The highest BCUT2D eigenvalue weighted by atomic mass is 16.4. The second-order valence-electron chi connectivity index (χ2n) is 3.27. The van der Waals surface area contributed by atoms with Gasteiger partial charge in [0.1, 0.15) is 0 Å². The summed E-state index contributed by atoms with van der Waals surface area (Å²) in [5, 5.41) is 8.74. The van der Waals surface area contributed by atoms with E-state index in [0.717, 1.165) is 12.8 Å². The number of carbonyl (C=O) groups is 1. The van der Waals surface area contributed by atoms with Gasteiger partial charge in [0.05, 0.1) is 5.92 Å². The fourth-order valence-corrected chi connectivity index (χ4v) is 1.42. The predicted molar refractivity (Wildman–Crippen MR) is 42.1 cm³/mol. The van der Waals surface area contributed by atoms with Crippen LogP contribution in [0, 0.1) is 11.8 Å². The van der Waals surface area contributed by atoms with Crippen molar-refractivity contribution >= 4 is 5.97 Å². The highest BCUT2D eigenvalue weighted by Gasteiger charge is 2.36. The van der Waals surface area contributed by atoms with Crippen LogP contribution in [0.1, 0.15) is 26.2 Å². The van der Waals surface area contributed by atoms with Gasteiger partial charge in [-0.3, -0.25) is 4.79 Å². The van der Waals surface area contributed by atoms with Gasteiger partial charge in [-0.1, -0.05) is 6.92 Å². The van der Waals surface area contributed by atoms with Crippen molar-refractivity contribution in [3.05, 3.63) is 0 Å². The van der Waals surface area contributed by atoms with Gasteiger partial charge in [0.2, 0.25) is 0 Å². The topological polar surface area (TPSA) is 63.3 Å². The smallest absolute Gasteiger partial charge is 0.308 e. The third-order valence-corrected chi connectivity index (χ3v) is 2.39. The zero-order valence-electron chi connectivity index (χ0n) is 6.79. The van der Waals surface area contributed by atoms with Crippen molar-refractivity contribution in [3.63, 3.8) is 0 Å². The molecule has 0 bridgehead atoms. The highest BCUT2D eigenvalue weighted by molar-refractivity contribution is 5.70.